The second-order valence-electron chi connectivity index (χ2n) is 5.10. The number of nitrogens with zero attached hydrogens (tertiary/aromatic N) is 2. The van der Waals surface area contributed by atoms with E-state index in [4.69, 9.17) is 16.3 Å². The van der Waals surface area contributed by atoms with E-state index in [-0.39, 0.29) is 5.15 Å². The zero-order valence-corrected chi connectivity index (χ0v) is 13.2. The number of benzene rings is 2. The third-order valence-electron chi connectivity index (χ3n) is 3.39. The zero-order valence-electron chi connectivity index (χ0n) is 12.5. The first-order chi connectivity index (χ1) is 11.1. The highest BCUT2D eigenvalue weighted by atomic mass is 35.5. The van der Waals surface area contributed by atoms with E-state index in [2.05, 4.69) is 9.97 Å². The number of ether oxygens (including phenoxy) is 1. The van der Waals surface area contributed by atoms with E-state index in [1.165, 1.54) is 18.5 Å². The Balaban J connectivity index is 1.84. The van der Waals surface area contributed by atoms with Gasteiger partial charge in [0.05, 0.1) is 18.1 Å². The average Bonchev–Trinajstić information content (AvgIpc) is 2.55. The van der Waals surface area contributed by atoms with Gasteiger partial charge in [-0.1, -0.05) is 41.9 Å². The van der Waals surface area contributed by atoms with Crippen molar-refractivity contribution in [1.29, 1.82) is 0 Å². The van der Waals surface area contributed by atoms with Gasteiger partial charge in [0, 0.05) is 11.6 Å². The predicted octanol–water partition coefficient (Wildman–Crippen LogP) is 4.82. The summed E-state index contributed by atoms with van der Waals surface area (Å²) >= 11 is 5.72. The summed E-state index contributed by atoms with van der Waals surface area (Å²) in [5.74, 6) is 0.0826. The first-order valence-electron chi connectivity index (χ1n) is 7.08. The fraction of sp³-hybridized carbons (Fsp3) is 0.111. The minimum Gasteiger partial charge on any atom is -0.489 e. The van der Waals surface area contributed by atoms with Gasteiger partial charge in [0.15, 0.2) is 0 Å². The van der Waals surface area contributed by atoms with E-state index in [0.717, 1.165) is 11.1 Å². The molecule has 0 N–H and O–H groups in total. The molecule has 0 spiro atoms. The molecule has 0 bridgehead atoms. The number of aromatic nitrogens is 2. The summed E-state index contributed by atoms with van der Waals surface area (Å²) in [5, 5.41) is 0.273. The summed E-state index contributed by atoms with van der Waals surface area (Å²) in [5.41, 5.74) is 2.60. The molecule has 23 heavy (non-hydrogen) atoms. The minimum absolute atomic E-state index is 0.273. The van der Waals surface area contributed by atoms with Crippen LogP contribution in [0.2, 0.25) is 5.15 Å². The highest BCUT2D eigenvalue weighted by Crippen LogP contribution is 2.29. The van der Waals surface area contributed by atoms with Crippen molar-refractivity contribution >= 4 is 11.6 Å². The molecule has 1 heterocycles. The Morgan fingerprint density at radius 2 is 1.87 bits per heavy atom. The molecular formula is C18H14ClFN2O. The van der Waals surface area contributed by atoms with Crippen molar-refractivity contribution < 1.29 is 9.13 Å². The highest BCUT2D eigenvalue weighted by Gasteiger charge is 2.13. The lowest BCUT2D eigenvalue weighted by molar-refractivity contribution is 0.304. The number of hydrogen-bond donors (Lipinski definition) is 0. The van der Waals surface area contributed by atoms with Gasteiger partial charge in [0.1, 0.15) is 23.3 Å². The standard InChI is InChI=1S/C18H14ClFN2O/c1-12-7-14(23-11-13-5-3-2-4-6-13)8-15(20)18(12)16-9-22-17(19)10-21-16/h2-10H,11H2,1H3. The fourth-order valence-corrected chi connectivity index (χ4v) is 2.40. The third kappa shape index (κ3) is 3.66. The van der Waals surface area contributed by atoms with Crippen LogP contribution in [0.25, 0.3) is 11.3 Å². The van der Waals surface area contributed by atoms with Crippen LogP contribution in [0.4, 0.5) is 4.39 Å². The maximum atomic E-state index is 14.4. The average molecular weight is 329 g/mol. The summed E-state index contributed by atoms with van der Waals surface area (Å²) in [7, 11) is 0. The lowest BCUT2D eigenvalue weighted by Gasteiger charge is -2.11. The summed E-state index contributed by atoms with van der Waals surface area (Å²) < 4.78 is 20.1. The Morgan fingerprint density at radius 1 is 1.09 bits per heavy atom. The summed E-state index contributed by atoms with van der Waals surface area (Å²) in [6.07, 6.45) is 2.85. The second kappa shape index (κ2) is 6.75. The Hall–Kier alpha value is -2.46. The van der Waals surface area contributed by atoms with Gasteiger partial charge < -0.3 is 4.74 Å². The molecule has 3 aromatic rings. The van der Waals surface area contributed by atoms with E-state index < -0.39 is 5.82 Å². The molecule has 0 unspecified atom stereocenters. The SMILES string of the molecule is Cc1cc(OCc2ccccc2)cc(F)c1-c1cnc(Cl)cn1. The summed E-state index contributed by atoms with van der Waals surface area (Å²) in [6, 6.07) is 12.9. The van der Waals surface area contributed by atoms with Gasteiger partial charge in [-0.25, -0.2) is 9.37 Å². The van der Waals surface area contributed by atoms with E-state index in [1.54, 1.807) is 6.07 Å². The van der Waals surface area contributed by atoms with Gasteiger partial charge in [-0.3, -0.25) is 4.98 Å². The minimum atomic E-state index is -0.398. The van der Waals surface area contributed by atoms with Gasteiger partial charge in [0.25, 0.3) is 0 Å². The topological polar surface area (TPSA) is 35.0 Å². The normalized spacial score (nSPS) is 10.6. The van der Waals surface area contributed by atoms with Crippen molar-refractivity contribution in [3.8, 4) is 17.0 Å². The van der Waals surface area contributed by atoms with Crippen molar-refractivity contribution in [2.45, 2.75) is 13.5 Å². The van der Waals surface area contributed by atoms with Gasteiger partial charge in [-0.05, 0) is 24.1 Å². The maximum absolute atomic E-state index is 14.4. The van der Waals surface area contributed by atoms with E-state index in [9.17, 15) is 4.39 Å². The van der Waals surface area contributed by atoms with Crippen molar-refractivity contribution in [2.75, 3.05) is 0 Å². The fourth-order valence-electron chi connectivity index (χ4n) is 2.30. The van der Waals surface area contributed by atoms with Crippen LogP contribution < -0.4 is 4.74 Å². The molecule has 0 radical (unpaired) electrons. The first-order valence-corrected chi connectivity index (χ1v) is 7.46. The number of aryl methyl sites for hydroxylation is 1. The van der Waals surface area contributed by atoms with Gasteiger partial charge >= 0.3 is 0 Å². The molecule has 0 aliphatic carbocycles. The molecule has 0 atom stereocenters. The Labute approximate surface area is 138 Å². The number of hydrogen-bond acceptors (Lipinski definition) is 3. The van der Waals surface area contributed by atoms with Crippen molar-refractivity contribution in [3.63, 3.8) is 0 Å². The van der Waals surface area contributed by atoms with E-state index in [0.29, 0.717) is 23.6 Å². The lowest BCUT2D eigenvalue weighted by Crippen LogP contribution is -1.98. The van der Waals surface area contributed by atoms with Crippen LogP contribution in [-0.2, 0) is 6.61 Å². The quantitative estimate of drug-likeness (QED) is 0.688. The lowest BCUT2D eigenvalue weighted by atomic mass is 10.0. The highest BCUT2D eigenvalue weighted by molar-refractivity contribution is 6.29. The second-order valence-corrected chi connectivity index (χ2v) is 5.48. The molecule has 3 nitrogen and oxygen atoms in total. The van der Waals surface area contributed by atoms with Crippen LogP contribution in [0.1, 0.15) is 11.1 Å². The molecule has 0 aliphatic heterocycles. The summed E-state index contributed by atoms with van der Waals surface area (Å²) in [6.45, 7) is 2.20. The third-order valence-corrected chi connectivity index (χ3v) is 3.58. The van der Waals surface area contributed by atoms with E-state index in [1.807, 2.05) is 37.3 Å². The smallest absolute Gasteiger partial charge is 0.147 e. The molecule has 5 heteroatoms. The van der Waals surface area contributed by atoms with Crippen LogP contribution in [-0.4, -0.2) is 9.97 Å². The van der Waals surface area contributed by atoms with Gasteiger partial charge in [-0.2, -0.15) is 0 Å². The molecule has 0 saturated carbocycles. The monoisotopic (exact) mass is 328 g/mol. The molecule has 2 aromatic carbocycles. The zero-order chi connectivity index (χ0) is 16.2. The molecule has 0 fully saturated rings. The molecule has 3 rings (SSSR count). The largest absolute Gasteiger partial charge is 0.489 e. The number of halogens is 2. The van der Waals surface area contributed by atoms with Crippen LogP contribution in [0.5, 0.6) is 5.75 Å². The van der Waals surface area contributed by atoms with Crippen molar-refractivity contribution in [1.82, 2.24) is 9.97 Å². The summed E-state index contributed by atoms with van der Waals surface area (Å²) in [4.78, 5) is 8.06. The molecule has 116 valence electrons. The molecule has 0 aliphatic rings. The van der Waals surface area contributed by atoms with Gasteiger partial charge in [0.2, 0.25) is 0 Å². The van der Waals surface area contributed by atoms with Crippen molar-refractivity contribution in [2.24, 2.45) is 0 Å². The Morgan fingerprint density at radius 3 is 2.52 bits per heavy atom. The van der Waals surface area contributed by atoms with Crippen LogP contribution in [0.15, 0.2) is 54.9 Å². The van der Waals surface area contributed by atoms with E-state index >= 15 is 0 Å². The van der Waals surface area contributed by atoms with Crippen LogP contribution >= 0.6 is 11.6 Å². The van der Waals surface area contributed by atoms with Crippen molar-refractivity contribution in [3.05, 3.63) is 77.0 Å². The maximum Gasteiger partial charge on any atom is 0.147 e. The molecule has 0 amide bonds. The Kier molecular flexibility index (Phi) is 4.53. The Bertz CT molecular complexity index is 784. The predicted molar refractivity (Wildman–Crippen MR) is 87.9 cm³/mol. The number of rotatable bonds is 4. The van der Waals surface area contributed by atoms with Crippen LogP contribution in [0.3, 0.4) is 0 Å². The molecular weight excluding hydrogens is 315 g/mol. The van der Waals surface area contributed by atoms with Gasteiger partial charge in [-0.15, -0.1) is 0 Å². The molecule has 0 saturated heterocycles. The first kappa shape index (κ1) is 15.4. The molecule has 1 aromatic heterocycles. The van der Waals surface area contributed by atoms with Crippen LogP contribution in [0, 0.1) is 12.7 Å².